The summed E-state index contributed by atoms with van der Waals surface area (Å²) in [5.74, 6) is 0.614. The lowest BCUT2D eigenvalue weighted by Crippen LogP contribution is -2.50. The summed E-state index contributed by atoms with van der Waals surface area (Å²) in [7, 11) is 1.84. The molecule has 30 heavy (non-hydrogen) atoms. The first kappa shape index (κ1) is 21.0. The Kier molecular flexibility index (Phi) is 5.96. The summed E-state index contributed by atoms with van der Waals surface area (Å²) in [5.41, 5.74) is 2.69. The van der Waals surface area contributed by atoms with Gasteiger partial charge in [-0.3, -0.25) is 14.6 Å². The van der Waals surface area contributed by atoms with Crippen molar-refractivity contribution in [3.8, 4) is 0 Å². The standard InChI is InChI=1S/C24H34N4O2/c1-14-5-7-17(23(29)27-19-8-6-15(2)26-13-19)10-20(14)21-11-18-12-25-16(3)9-22(18)28(4)24(21)30/h9,11-12,14-15,17,19-20,26H,5-8,10,13H2,1-4H3,(H,27,29). The lowest BCUT2D eigenvalue weighted by molar-refractivity contribution is -0.127. The molecule has 1 saturated heterocycles. The monoisotopic (exact) mass is 410 g/mol. The SMILES string of the molecule is Cc1cc2c(cn1)cc(C1CC(C(=O)NC3CCC(C)NC3)CCC1C)c(=O)n2C. The zero-order valence-electron chi connectivity index (χ0n) is 18.6. The Morgan fingerprint density at radius 2 is 2.00 bits per heavy atom. The third kappa shape index (κ3) is 4.15. The maximum absolute atomic E-state index is 13.2. The molecule has 2 N–H and O–H groups in total. The minimum Gasteiger partial charge on any atom is -0.352 e. The van der Waals surface area contributed by atoms with Gasteiger partial charge >= 0.3 is 0 Å². The van der Waals surface area contributed by atoms with Crippen LogP contribution in [0.25, 0.3) is 10.9 Å². The van der Waals surface area contributed by atoms with Crippen LogP contribution in [0, 0.1) is 18.8 Å². The van der Waals surface area contributed by atoms with Crippen molar-refractivity contribution < 1.29 is 4.79 Å². The van der Waals surface area contributed by atoms with Crippen molar-refractivity contribution >= 4 is 16.8 Å². The number of nitrogens with zero attached hydrogens (tertiary/aromatic N) is 2. The number of pyridine rings is 2. The van der Waals surface area contributed by atoms with Gasteiger partial charge in [-0.1, -0.05) is 6.92 Å². The second kappa shape index (κ2) is 8.50. The van der Waals surface area contributed by atoms with Crippen molar-refractivity contribution in [3.63, 3.8) is 0 Å². The summed E-state index contributed by atoms with van der Waals surface area (Å²) in [6, 6.07) is 4.72. The number of piperidine rings is 1. The van der Waals surface area contributed by atoms with Crippen molar-refractivity contribution in [2.24, 2.45) is 18.9 Å². The van der Waals surface area contributed by atoms with Gasteiger partial charge in [0.2, 0.25) is 5.91 Å². The zero-order valence-corrected chi connectivity index (χ0v) is 18.6. The van der Waals surface area contributed by atoms with Crippen LogP contribution in [0.1, 0.15) is 63.1 Å². The summed E-state index contributed by atoms with van der Waals surface area (Å²) in [6.07, 6.45) is 6.58. The Morgan fingerprint density at radius 1 is 1.20 bits per heavy atom. The fourth-order valence-electron chi connectivity index (χ4n) is 5.19. The van der Waals surface area contributed by atoms with Crippen LogP contribution >= 0.6 is 0 Å². The molecule has 0 aromatic carbocycles. The highest BCUT2D eigenvalue weighted by molar-refractivity contribution is 5.80. The van der Waals surface area contributed by atoms with E-state index in [9.17, 15) is 9.59 Å². The van der Waals surface area contributed by atoms with E-state index in [1.807, 2.05) is 32.3 Å². The second-order valence-corrected chi connectivity index (χ2v) is 9.53. The number of amides is 1. The maximum atomic E-state index is 13.2. The maximum Gasteiger partial charge on any atom is 0.254 e. The van der Waals surface area contributed by atoms with Crippen molar-refractivity contribution in [3.05, 3.63) is 39.9 Å². The number of aryl methyl sites for hydroxylation is 2. The van der Waals surface area contributed by atoms with E-state index in [0.29, 0.717) is 12.0 Å². The molecule has 6 nitrogen and oxygen atoms in total. The van der Waals surface area contributed by atoms with E-state index in [1.165, 1.54) is 0 Å². The predicted molar refractivity (Wildman–Crippen MR) is 120 cm³/mol. The van der Waals surface area contributed by atoms with E-state index in [1.54, 1.807) is 4.57 Å². The highest BCUT2D eigenvalue weighted by atomic mass is 16.2. The van der Waals surface area contributed by atoms with Crippen LogP contribution in [0.2, 0.25) is 0 Å². The van der Waals surface area contributed by atoms with Crippen LogP contribution < -0.4 is 16.2 Å². The number of fused-ring (bicyclic) bond motifs is 1. The molecule has 2 aromatic rings. The smallest absolute Gasteiger partial charge is 0.254 e. The molecule has 0 bridgehead atoms. The van der Waals surface area contributed by atoms with Crippen molar-refractivity contribution in [1.82, 2.24) is 20.2 Å². The van der Waals surface area contributed by atoms with Gasteiger partial charge in [-0.25, -0.2) is 0 Å². The molecular weight excluding hydrogens is 376 g/mol. The van der Waals surface area contributed by atoms with Gasteiger partial charge in [0.05, 0.1) is 5.52 Å². The minimum absolute atomic E-state index is 0.0258. The lowest BCUT2D eigenvalue weighted by Gasteiger charge is -2.35. The molecule has 162 valence electrons. The predicted octanol–water partition coefficient (Wildman–Crippen LogP) is 3.02. The molecule has 2 aromatic heterocycles. The Morgan fingerprint density at radius 3 is 2.73 bits per heavy atom. The minimum atomic E-state index is -0.0258. The first-order chi connectivity index (χ1) is 14.3. The molecule has 6 heteroatoms. The molecule has 0 spiro atoms. The van der Waals surface area contributed by atoms with Gasteiger partial charge in [-0.05, 0) is 69.9 Å². The summed E-state index contributed by atoms with van der Waals surface area (Å²) in [5, 5.41) is 7.70. The number of nitrogens with one attached hydrogen (secondary N) is 2. The summed E-state index contributed by atoms with van der Waals surface area (Å²) in [4.78, 5) is 30.6. The summed E-state index contributed by atoms with van der Waals surface area (Å²) in [6.45, 7) is 7.18. The molecule has 1 aliphatic carbocycles. The third-order valence-corrected chi connectivity index (χ3v) is 7.25. The van der Waals surface area contributed by atoms with Gasteiger partial charge in [-0.15, -0.1) is 0 Å². The van der Waals surface area contributed by atoms with E-state index in [4.69, 9.17) is 0 Å². The van der Waals surface area contributed by atoms with Crippen molar-refractivity contribution in [1.29, 1.82) is 0 Å². The molecule has 3 heterocycles. The van der Waals surface area contributed by atoms with Gasteiger partial charge < -0.3 is 15.2 Å². The molecule has 2 fully saturated rings. The summed E-state index contributed by atoms with van der Waals surface area (Å²) >= 11 is 0. The highest BCUT2D eigenvalue weighted by Gasteiger charge is 2.35. The van der Waals surface area contributed by atoms with Gasteiger partial charge in [-0.2, -0.15) is 0 Å². The number of carbonyl (C=O) groups is 1. The number of rotatable bonds is 3. The average molecular weight is 411 g/mol. The largest absolute Gasteiger partial charge is 0.352 e. The van der Waals surface area contributed by atoms with Crippen LogP contribution in [0.5, 0.6) is 0 Å². The Hall–Kier alpha value is -2.21. The molecule has 0 radical (unpaired) electrons. The fraction of sp³-hybridized carbons (Fsp3) is 0.625. The van der Waals surface area contributed by atoms with E-state index in [0.717, 1.165) is 60.8 Å². The zero-order chi connectivity index (χ0) is 21.4. The lowest BCUT2D eigenvalue weighted by atomic mass is 9.71. The number of hydrogen-bond donors (Lipinski definition) is 2. The van der Waals surface area contributed by atoms with Gasteiger partial charge in [0.25, 0.3) is 5.56 Å². The van der Waals surface area contributed by atoms with Gasteiger partial charge in [0.15, 0.2) is 0 Å². The van der Waals surface area contributed by atoms with Gasteiger partial charge in [0.1, 0.15) is 0 Å². The average Bonchev–Trinajstić information content (AvgIpc) is 2.73. The topological polar surface area (TPSA) is 76.0 Å². The van der Waals surface area contributed by atoms with Crippen LogP contribution in [-0.2, 0) is 11.8 Å². The molecule has 1 aliphatic heterocycles. The number of carbonyl (C=O) groups excluding carboxylic acids is 1. The summed E-state index contributed by atoms with van der Waals surface area (Å²) < 4.78 is 1.74. The van der Waals surface area contributed by atoms with E-state index in [-0.39, 0.29) is 29.3 Å². The van der Waals surface area contributed by atoms with Crippen LogP contribution in [-0.4, -0.2) is 34.1 Å². The first-order valence-electron chi connectivity index (χ1n) is 11.3. The number of aromatic nitrogens is 2. The highest BCUT2D eigenvalue weighted by Crippen LogP contribution is 2.40. The van der Waals surface area contributed by atoms with Crippen LogP contribution in [0.4, 0.5) is 0 Å². The van der Waals surface area contributed by atoms with E-state index < -0.39 is 0 Å². The Balaban J connectivity index is 1.55. The first-order valence-corrected chi connectivity index (χ1v) is 11.3. The molecule has 2 aliphatic rings. The quantitative estimate of drug-likeness (QED) is 0.816. The molecule has 1 saturated carbocycles. The normalized spacial score (nSPS) is 29.7. The molecule has 1 amide bonds. The molecule has 4 rings (SSSR count). The Labute approximate surface area is 178 Å². The van der Waals surface area contributed by atoms with Crippen LogP contribution in [0.3, 0.4) is 0 Å². The van der Waals surface area contributed by atoms with Gasteiger partial charge in [0, 0.05) is 54.4 Å². The molecule has 5 atom stereocenters. The third-order valence-electron chi connectivity index (χ3n) is 7.25. The van der Waals surface area contributed by atoms with Crippen molar-refractivity contribution in [2.75, 3.05) is 6.54 Å². The Bertz CT molecular complexity index is 991. The van der Waals surface area contributed by atoms with Crippen LogP contribution in [0.15, 0.2) is 23.1 Å². The fourth-order valence-corrected chi connectivity index (χ4v) is 5.19. The molecular formula is C24H34N4O2. The van der Waals surface area contributed by atoms with Crippen molar-refractivity contribution in [2.45, 2.75) is 70.9 Å². The number of hydrogen-bond acceptors (Lipinski definition) is 4. The van der Waals surface area contributed by atoms with E-state index >= 15 is 0 Å². The van der Waals surface area contributed by atoms with E-state index in [2.05, 4.69) is 29.5 Å². The molecule has 5 unspecified atom stereocenters. The second-order valence-electron chi connectivity index (χ2n) is 9.53.